The van der Waals surface area contributed by atoms with Gasteiger partial charge in [0.25, 0.3) is 5.89 Å². The van der Waals surface area contributed by atoms with E-state index in [0.717, 1.165) is 5.56 Å². The van der Waals surface area contributed by atoms with Gasteiger partial charge in [0.2, 0.25) is 5.89 Å². The Morgan fingerprint density at radius 1 is 0.815 bits per heavy atom. The average molecular weight is 363 g/mol. The summed E-state index contributed by atoms with van der Waals surface area (Å²) in [5.74, 6) is -0.458. The summed E-state index contributed by atoms with van der Waals surface area (Å²) in [6.45, 7) is 0. The van der Waals surface area contributed by atoms with E-state index in [-0.39, 0.29) is 23.2 Å². The molecule has 134 valence electrons. The summed E-state index contributed by atoms with van der Waals surface area (Å²) < 4.78 is 33.3. The first kappa shape index (κ1) is 16.9. The van der Waals surface area contributed by atoms with Gasteiger partial charge in [-0.15, -0.1) is 10.2 Å². The first-order valence-electron chi connectivity index (χ1n) is 8.36. The van der Waals surface area contributed by atoms with Gasteiger partial charge in [-0.3, -0.25) is 0 Å². The van der Waals surface area contributed by atoms with Crippen LogP contribution in [0, 0.1) is 11.6 Å². The molecule has 1 N–H and O–H groups in total. The number of nitrogens with zero attached hydrogens (tertiary/aromatic N) is 2. The van der Waals surface area contributed by atoms with Crippen molar-refractivity contribution >= 4 is 5.69 Å². The molecule has 4 nitrogen and oxygen atoms in total. The van der Waals surface area contributed by atoms with Crippen molar-refractivity contribution in [3.05, 3.63) is 102 Å². The monoisotopic (exact) mass is 363 g/mol. The standard InChI is InChI=1S/C21H15F2N3O/c22-15-9-6-10-16(13-15)24-19(14-7-2-1-3-8-14)21-26-25-20(27-21)17-11-4-5-12-18(17)23/h1-13,19,24H/t19-/m1/s1. The van der Waals surface area contributed by atoms with Gasteiger partial charge in [-0.1, -0.05) is 48.5 Å². The van der Waals surface area contributed by atoms with Crippen molar-refractivity contribution in [2.24, 2.45) is 0 Å². The van der Waals surface area contributed by atoms with Gasteiger partial charge in [-0.05, 0) is 35.9 Å². The van der Waals surface area contributed by atoms with Crippen molar-refractivity contribution < 1.29 is 13.2 Å². The van der Waals surface area contributed by atoms with E-state index in [0.29, 0.717) is 5.69 Å². The lowest BCUT2D eigenvalue weighted by molar-refractivity contribution is 0.490. The van der Waals surface area contributed by atoms with E-state index >= 15 is 0 Å². The summed E-state index contributed by atoms with van der Waals surface area (Å²) in [6, 6.07) is 21.2. The third kappa shape index (κ3) is 3.69. The molecule has 1 atom stereocenters. The fraction of sp³-hybridized carbons (Fsp3) is 0.0476. The Morgan fingerprint density at radius 3 is 2.37 bits per heavy atom. The summed E-state index contributed by atoms with van der Waals surface area (Å²) in [6.07, 6.45) is 0. The molecule has 0 unspecified atom stereocenters. The van der Waals surface area contributed by atoms with E-state index in [9.17, 15) is 8.78 Å². The molecule has 6 heteroatoms. The quantitative estimate of drug-likeness (QED) is 0.528. The maximum absolute atomic E-state index is 14.0. The lowest BCUT2D eigenvalue weighted by atomic mass is 10.1. The van der Waals surface area contributed by atoms with Crippen molar-refractivity contribution in [3.63, 3.8) is 0 Å². The fourth-order valence-corrected chi connectivity index (χ4v) is 2.77. The van der Waals surface area contributed by atoms with Crippen molar-refractivity contribution in [1.29, 1.82) is 0 Å². The Labute approximate surface area is 154 Å². The van der Waals surface area contributed by atoms with Crippen LogP contribution in [0.25, 0.3) is 11.5 Å². The summed E-state index contributed by atoms with van der Waals surface area (Å²) in [5, 5.41) is 11.3. The molecule has 0 radical (unpaired) electrons. The maximum atomic E-state index is 14.0. The van der Waals surface area contributed by atoms with Crippen LogP contribution in [0.1, 0.15) is 17.5 Å². The number of halogens is 2. The summed E-state index contributed by atoms with van der Waals surface area (Å²) >= 11 is 0. The van der Waals surface area contributed by atoms with Crippen LogP contribution >= 0.6 is 0 Å². The third-order valence-corrected chi connectivity index (χ3v) is 4.06. The highest BCUT2D eigenvalue weighted by atomic mass is 19.1. The molecule has 4 rings (SSSR count). The number of aromatic nitrogens is 2. The number of hydrogen-bond donors (Lipinski definition) is 1. The third-order valence-electron chi connectivity index (χ3n) is 4.06. The van der Waals surface area contributed by atoms with Gasteiger partial charge in [0.05, 0.1) is 5.56 Å². The zero-order valence-corrected chi connectivity index (χ0v) is 14.1. The van der Waals surface area contributed by atoms with Gasteiger partial charge in [0.1, 0.15) is 17.7 Å². The summed E-state index contributed by atoms with van der Waals surface area (Å²) in [5.41, 5.74) is 1.65. The van der Waals surface area contributed by atoms with Crippen LogP contribution in [-0.2, 0) is 0 Å². The van der Waals surface area contributed by atoms with Crippen LogP contribution in [0.3, 0.4) is 0 Å². The molecule has 0 bridgehead atoms. The SMILES string of the molecule is Fc1cccc(N[C@H](c2ccccc2)c2nnc(-c3ccccc3F)o2)c1. The number of benzene rings is 3. The Bertz CT molecular complexity index is 1050. The molecule has 0 saturated carbocycles. The van der Waals surface area contributed by atoms with Crippen molar-refractivity contribution in [2.75, 3.05) is 5.32 Å². The van der Waals surface area contributed by atoms with Gasteiger partial charge in [0.15, 0.2) is 0 Å². The average Bonchev–Trinajstić information content (AvgIpc) is 3.17. The first-order chi connectivity index (χ1) is 13.2. The molecule has 0 aliphatic rings. The van der Waals surface area contributed by atoms with Gasteiger partial charge >= 0.3 is 0 Å². The minimum Gasteiger partial charge on any atom is -0.418 e. The van der Waals surface area contributed by atoms with Crippen LogP contribution in [0.4, 0.5) is 14.5 Å². The summed E-state index contributed by atoms with van der Waals surface area (Å²) in [4.78, 5) is 0. The molecule has 1 aromatic heterocycles. The highest BCUT2D eigenvalue weighted by Gasteiger charge is 2.22. The number of nitrogens with one attached hydrogen (secondary N) is 1. The molecule has 3 aromatic carbocycles. The van der Waals surface area contributed by atoms with E-state index < -0.39 is 11.9 Å². The highest BCUT2D eigenvalue weighted by Crippen LogP contribution is 2.29. The molecule has 1 heterocycles. The second kappa shape index (κ2) is 7.37. The predicted octanol–water partition coefficient (Wildman–Crippen LogP) is 5.22. The van der Waals surface area contributed by atoms with Crippen LogP contribution < -0.4 is 5.32 Å². The van der Waals surface area contributed by atoms with Crippen molar-refractivity contribution in [1.82, 2.24) is 10.2 Å². The van der Waals surface area contributed by atoms with E-state index in [2.05, 4.69) is 15.5 Å². The predicted molar refractivity (Wildman–Crippen MR) is 98.0 cm³/mol. The molecule has 0 fully saturated rings. The van der Waals surface area contributed by atoms with E-state index in [1.165, 1.54) is 18.2 Å². The Hall–Kier alpha value is -3.54. The molecular weight excluding hydrogens is 348 g/mol. The lowest BCUT2D eigenvalue weighted by Crippen LogP contribution is -2.13. The van der Waals surface area contributed by atoms with Gasteiger partial charge in [0, 0.05) is 5.69 Å². The fourth-order valence-electron chi connectivity index (χ4n) is 2.77. The maximum Gasteiger partial charge on any atom is 0.250 e. The topological polar surface area (TPSA) is 51.0 Å². The molecule has 0 aliphatic heterocycles. The molecule has 0 aliphatic carbocycles. The molecular formula is C21H15F2N3O. The van der Waals surface area contributed by atoms with E-state index in [1.807, 2.05) is 30.3 Å². The zero-order chi connectivity index (χ0) is 18.6. The lowest BCUT2D eigenvalue weighted by Gasteiger charge is -2.17. The minimum absolute atomic E-state index is 0.0880. The normalized spacial score (nSPS) is 11.9. The first-order valence-corrected chi connectivity index (χ1v) is 8.36. The molecule has 0 spiro atoms. The largest absolute Gasteiger partial charge is 0.418 e. The molecule has 0 saturated heterocycles. The molecule has 27 heavy (non-hydrogen) atoms. The Kier molecular flexibility index (Phi) is 4.61. The van der Waals surface area contributed by atoms with Crippen LogP contribution in [0.2, 0.25) is 0 Å². The second-order valence-corrected chi connectivity index (χ2v) is 5.92. The van der Waals surface area contributed by atoms with Crippen LogP contribution in [0.5, 0.6) is 0 Å². The summed E-state index contributed by atoms with van der Waals surface area (Å²) in [7, 11) is 0. The minimum atomic E-state index is -0.513. The number of hydrogen-bond acceptors (Lipinski definition) is 4. The van der Waals surface area contributed by atoms with Gasteiger partial charge in [-0.25, -0.2) is 8.78 Å². The van der Waals surface area contributed by atoms with Crippen molar-refractivity contribution in [3.8, 4) is 11.5 Å². The Morgan fingerprint density at radius 2 is 1.59 bits per heavy atom. The van der Waals surface area contributed by atoms with E-state index in [1.54, 1.807) is 30.3 Å². The van der Waals surface area contributed by atoms with E-state index in [4.69, 9.17) is 4.42 Å². The van der Waals surface area contributed by atoms with Gasteiger partial charge in [-0.2, -0.15) is 0 Å². The van der Waals surface area contributed by atoms with Crippen LogP contribution in [0.15, 0.2) is 83.3 Å². The number of anilines is 1. The Balaban J connectivity index is 1.72. The molecule has 0 amide bonds. The van der Waals surface area contributed by atoms with Crippen molar-refractivity contribution in [2.45, 2.75) is 6.04 Å². The van der Waals surface area contributed by atoms with Gasteiger partial charge < -0.3 is 9.73 Å². The zero-order valence-electron chi connectivity index (χ0n) is 14.1. The highest BCUT2D eigenvalue weighted by molar-refractivity contribution is 5.54. The number of rotatable bonds is 5. The smallest absolute Gasteiger partial charge is 0.250 e. The molecule has 4 aromatic rings. The second-order valence-electron chi connectivity index (χ2n) is 5.92. The van der Waals surface area contributed by atoms with Crippen LogP contribution in [-0.4, -0.2) is 10.2 Å².